The van der Waals surface area contributed by atoms with E-state index in [1.54, 1.807) is 0 Å². The van der Waals surface area contributed by atoms with Gasteiger partial charge in [0.05, 0.1) is 6.10 Å². The van der Waals surface area contributed by atoms with Crippen molar-refractivity contribution in [2.24, 2.45) is 11.8 Å². The number of allylic oxidation sites excluding steroid dienone is 2. The molecule has 4 nitrogen and oxygen atoms in total. The van der Waals surface area contributed by atoms with E-state index < -0.39 is 5.97 Å². The number of Topliss-reactive ketones (excluding diaryl/α,β-unsaturated/α-hetero) is 1. The molecule has 3 rings (SSSR count). The zero-order valence-electron chi connectivity index (χ0n) is 17.3. The number of aliphatic hydroxyl groups is 1. The van der Waals surface area contributed by atoms with E-state index in [9.17, 15) is 14.7 Å². The first-order valence-corrected chi connectivity index (χ1v) is 11.2. The summed E-state index contributed by atoms with van der Waals surface area (Å²) in [7, 11) is 0. The molecule has 2 N–H and O–H groups in total. The number of carbonyl (C=O) groups excluding carboxylic acids is 1. The summed E-state index contributed by atoms with van der Waals surface area (Å²) in [4.78, 5) is 23.0. The molecule has 0 aromatic heterocycles. The van der Waals surface area contributed by atoms with Gasteiger partial charge in [-0.3, -0.25) is 9.59 Å². The highest BCUT2D eigenvalue weighted by atomic mass is 16.4. The van der Waals surface area contributed by atoms with Gasteiger partial charge in [0.1, 0.15) is 5.78 Å². The maximum Gasteiger partial charge on any atom is 0.303 e. The number of benzene rings is 1. The van der Waals surface area contributed by atoms with Crippen LogP contribution in [0.1, 0.15) is 93.8 Å². The molecule has 2 fully saturated rings. The van der Waals surface area contributed by atoms with Crippen molar-refractivity contribution < 1.29 is 19.8 Å². The summed E-state index contributed by atoms with van der Waals surface area (Å²) >= 11 is 0. The van der Waals surface area contributed by atoms with Gasteiger partial charge in [-0.1, -0.05) is 55.7 Å². The number of carboxylic acids is 1. The summed E-state index contributed by atoms with van der Waals surface area (Å²) in [6.07, 6.45) is 13.4. The fourth-order valence-electron chi connectivity index (χ4n) is 5.00. The van der Waals surface area contributed by atoms with Gasteiger partial charge in [0.25, 0.3) is 0 Å². The lowest BCUT2D eigenvalue weighted by molar-refractivity contribution is -0.137. The molecule has 2 aliphatic carbocycles. The Morgan fingerprint density at radius 1 is 1.07 bits per heavy atom. The first-order valence-electron chi connectivity index (χ1n) is 11.2. The predicted octanol–water partition coefficient (Wildman–Crippen LogP) is 5.56. The lowest BCUT2D eigenvalue weighted by Gasteiger charge is -2.27. The van der Waals surface area contributed by atoms with Crippen LogP contribution in [0, 0.1) is 11.8 Å². The van der Waals surface area contributed by atoms with Gasteiger partial charge in [0.15, 0.2) is 0 Å². The Morgan fingerprint density at radius 2 is 1.79 bits per heavy atom. The predicted molar refractivity (Wildman–Crippen MR) is 114 cm³/mol. The van der Waals surface area contributed by atoms with Crippen LogP contribution in [0.2, 0.25) is 0 Å². The van der Waals surface area contributed by atoms with E-state index in [2.05, 4.69) is 24.3 Å². The van der Waals surface area contributed by atoms with E-state index in [0.29, 0.717) is 24.5 Å². The normalized spacial score (nSPS) is 24.2. The highest BCUT2D eigenvalue weighted by Crippen LogP contribution is 2.40. The Labute approximate surface area is 174 Å². The number of ketones is 1. The molecule has 0 bridgehead atoms. The van der Waals surface area contributed by atoms with Gasteiger partial charge in [-0.15, -0.1) is 0 Å². The third-order valence-corrected chi connectivity index (χ3v) is 6.72. The molecule has 2 unspecified atom stereocenters. The molecule has 0 heterocycles. The summed E-state index contributed by atoms with van der Waals surface area (Å²) in [6, 6.07) is 8.31. The average molecular weight is 399 g/mol. The zero-order valence-corrected chi connectivity index (χ0v) is 17.3. The Morgan fingerprint density at radius 3 is 2.48 bits per heavy atom. The first kappa shape index (κ1) is 21.8. The van der Waals surface area contributed by atoms with Crippen molar-refractivity contribution in [1.82, 2.24) is 0 Å². The smallest absolute Gasteiger partial charge is 0.303 e. The van der Waals surface area contributed by atoms with Crippen molar-refractivity contribution in [3.8, 4) is 0 Å². The molecule has 0 radical (unpaired) electrons. The van der Waals surface area contributed by atoms with E-state index in [1.165, 1.54) is 24.8 Å². The van der Waals surface area contributed by atoms with Gasteiger partial charge in [-0.05, 0) is 61.5 Å². The van der Waals surface area contributed by atoms with Crippen molar-refractivity contribution in [3.05, 3.63) is 47.5 Å². The van der Waals surface area contributed by atoms with E-state index in [-0.39, 0.29) is 24.4 Å². The summed E-state index contributed by atoms with van der Waals surface area (Å²) in [5.74, 6) is 0.201. The number of hydrogen-bond acceptors (Lipinski definition) is 3. The Kier molecular flexibility index (Phi) is 8.05. The quantitative estimate of drug-likeness (QED) is 0.421. The van der Waals surface area contributed by atoms with Gasteiger partial charge < -0.3 is 10.2 Å². The van der Waals surface area contributed by atoms with Gasteiger partial charge in [-0.25, -0.2) is 0 Å². The number of carboxylic acid groups (broad SMARTS) is 1. The topological polar surface area (TPSA) is 74.6 Å². The van der Waals surface area contributed by atoms with E-state index >= 15 is 0 Å². The van der Waals surface area contributed by atoms with E-state index in [4.69, 9.17) is 5.11 Å². The first-order chi connectivity index (χ1) is 14.1. The van der Waals surface area contributed by atoms with Crippen LogP contribution in [-0.2, 0) is 9.59 Å². The van der Waals surface area contributed by atoms with Crippen molar-refractivity contribution in [2.45, 2.75) is 82.7 Å². The minimum atomic E-state index is -0.763. The van der Waals surface area contributed by atoms with Crippen LogP contribution in [0.15, 0.2) is 36.4 Å². The summed E-state index contributed by atoms with van der Waals surface area (Å²) in [6.45, 7) is 0. The molecule has 0 saturated heterocycles. The molecule has 4 heteroatoms. The molecular formula is C25H34O4. The third kappa shape index (κ3) is 6.02. The number of aliphatic carboxylic acids is 1. The zero-order chi connectivity index (χ0) is 20.6. The summed E-state index contributed by atoms with van der Waals surface area (Å²) < 4.78 is 0. The van der Waals surface area contributed by atoms with Crippen LogP contribution in [0.5, 0.6) is 0 Å². The number of unbranched alkanes of at least 4 members (excludes halogenated alkanes) is 1. The number of aliphatic hydroxyl groups excluding tert-OH is 1. The van der Waals surface area contributed by atoms with Crippen LogP contribution in [0.25, 0.3) is 0 Å². The minimum absolute atomic E-state index is 0.0137. The number of hydrogen-bond donors (Lipinski definition) is 2. The lowest BCUT2D eigenvalue weighted by atomic mass is 9.81. The van der Waals surface area contributed by atoms with Crippen LogP contribution < -0.4 is 0 Å². The second-order valence-corrected chi connectivity index (χ2v) is 8.72. The van der Waals surface area contributed by atoms with E-state index in [1.807, 2.05) is 12.2 Å². The highest BCUT2D eigenvalue weighted by Gasteiger charge is 2.34. The second kappa shape index (κ2) is 10.7. The molecule has 2 aliphatic rings. The maximum atomic E-state index is 12.4. The molecule has 1 aromatic carbocycles. The Balaban J connectivity index is 1.57. The van der Waals surface area contributed by atoms with Crippen LogP contribution >= 0.6 is 0 Å². The third-order valence-electron chi connectivity index (χ3n) is 6.72. The number of carbonyl (C=O) groups is 2. The van der Waals surface area contributed by atoms with E-state index in [0.717, 1.165) is 37.7 Å². The molecule has 1 aromatic rings. The number of rotatable bonds is 9. The Bertz CT molecular complexity index is 700. The summed E-state index contributed by atoms with van der Waals surface area (Å²) in [5.41, 5.74) is 2.19. The standard InChI is InChI=1S/C25H34O4/c26-23-17-16-21(22(23)10-6-1-2-7-11-24(27)28)18-12-14-20(15-13-18)25(29)19-8-4-3-5-9-19/h1,6,12-15,19,21-22,25,29H,2-5,7-11,16-17H2,(H,27,28)/b6-1-/t21?,22-,25?/m1/s1. The molecular weight excluding hydrogens is 364 g/mol. The van der Waals surface area contributed by atoms with Crippen LogP contribution in [0.3, 0.4) is 0 Å². The molecule has 0 amide bonds. The fraction of sp³-hybridized carbons (Fsp3) is 0.600. The lowest BCUT2D eigenvalue weighted by Crippen LogP contribution is -2.16. The van der Waals surface area contributed by atoms with Crippen molar-refractivity contribution in [2.75, 3.05) is 0 Å². The van der Waals surface area contributed by atoms with Gasteiger partial charge in [-0.2, -0.15) is 0 Å². The molecule has 158 valence electrons. The van der Waals surface area contributed by atoms with Crippen molar-refractivity contribution in [1.29, 1.82) is 0 Å². The fourth-order valence-corrected chi connectivity index (χ4v) is 5.00. The largest absolute Gasteiger partial charge is 0.481 e. The van der Waals surface area contributed by atoms with Crippen molar-refractivity contribution >= 4 is 11.8 Å². The van der Waals surface area contributed by atoms with Crippen LogP contribution in [-0.4, -0.2) is 22.0 Å². The second-order valence-electron chi connectivity index (χ2n) is 8.72. The summed E-state index contributed by atoms with van der Waals surface area (Å²) in [5, 5.41) is 19.4. The molecule has 29 heavy (non-hydrogen) atoms. The minimum Gasteiger partial charge on any atom is -0.481 e. The maximum absolute atomic E-state index is 12.4. The Hall–Kier alpha value is -1.94. The SMILES string of the molecule is O=C(O)CCC/C=C\C[C@H]1C(=O)CCC1c1ccc(C(O)C2CCCCC2)cc1. The molecule has 2 saturated carbocycles. The van der Waals surface area contributed by atoms with Crippen molar-refractivity contribution in [3.63, 3.8) is 0 Å². The van der Waals surface area contributed by atoms with Gasteiger partial charge in [0, 0.05) is 18.8 Å². The van der Waals surface area contributed by atoms with Crippen LogP contribution in [0.4, 0.5) is 0 Å². The monoisotopic (exact) mass is 398 g/mol. The molecule has 3 atom stereocenters. The molecule has 0 spiro atoms. The molecule has 0 aliphatic heterocycles. The highest BCUT2D eigenvalue weighted by molar-refractivity contribution is 5.84. The average Bonchev–Trinajstić information content (AvgIpc) is 3.11. The van der Waals surface area contributed by atoms with Gasteiger partial charge >= 0.3 is 5.97 Å². The van der Waals surface area contributed by atoms with Gasteiger partial charge in [0.2, 0.25) is 0 Å².